The molecule has 128 valence electrons. The molecule has 1 amide bonds. The van der Waals surface area contributed by atoms with Gasteiger partial charge in [-0.1, -0.05) is 29.8 Å². The maximum atomic E-state index is 13.8. The monoisotopic (exact) mass is 357 g/mol. The molecule has 0 radical (unpaired) electrons. The third-order valence-corrected chi connectivity index (χ3v) is 4.28. The molecule has 0 spiro atoms. The molecular weight excluding hydrogens is 341 g/mol. The Morgan fingerprint density at radius 3 is 2.60 bits per heavy atom. The van der Waals surface area contributed by atoms with Crippen LogP contribution in [0.3, 0.4) is 0 Å². The van der Waals surface area contributed by atoms with Gasteiger partial charge in [0.05, 0.1) is 16.9 Å². The van der Waals surface area contributed by atoms with Gasteiger partial charge in [-0.3, -0.25) is 4.79 Å². The number of aromatic nitrogens is 2. The molecule has 4 nitrogen and oxygen atoms in total. The second-order valence-electron chi connectivity index (χ2n) is 5.70. The molecule has 6 heteroatoms. The molecule has 2 aromatic carbocycles. The molecule has 0 aliphatic carbocycles. The maximum absolute atomic E-state index is 13.8. The molecule has 0 aliphatic heterocycles. The first-order chi connectivity index (χ1) is 12.0. The third-order valence-electron chi connectivity index (χ3n) is 4.04. The van der Waals surface area contributed by atoms with Crippen molar-refractivity contribution in [1.82, 2.24) is 15.1 Å². The zero-order valence-electron chi connectivity index (χ0n) is 13.9. The summed E-state index contributed by atoms with van der Waals surface area (Å²) in [5.41, 5.74) is 3.57. The number of hydrogen-bond donors (Lipinski definition) is 1. The van der Waals surface area contributed by atoms with E-state index in [1.54, 1.807) is 0 Å². The van der Waals surface area contributed by atoms with E-state index in [1.807, 2.05) is 48.9 Å². The molecule has 0 aliphatic rings. The number of amides is 1. The van der Waals surface area contributed by atoms with Crippen molar-refractivity contribution in [2.24, 2.45) is 0 Å². The van der Waals surface area contributed by atoms with E-state index in [1.165, 1.54) is 12.1 Å². The minimum atomic E-state index is -0.640. The highest BCUT2D eigenvalue weighted by Gasteiger charge is 2.16. The van der Waals surface area contributed by atoms with E-state index < -0.39 is 11.7 Å². The zero-order chi connectivity index (χ0) is 18.0. The van der Waals surface area contributed by atoms with E-state index >= 15 is 0 Å². The molecule has 0 bridgehead atoms. The molecule has 0 unspecified atom stereocenters. The lowest BCUT2D eigenvalue weighted by atomic mass is 10.1. The number of para-hydroxylation sites is 1. The quantitative estimate of drug-likeness (QED) is 0.760. The van der Waals surface area contributed by atoms with E-state index in [-0.39, 0.29) is 17.1 Å². The lowest BCUT2D eigenvalue weighted by Gasteiger charge is -2.08. The van der Waals surface area contributed by atoms with Crippen LogP contribution in [0, 0.1) is 19.7 Å². The highest BCUT2D eigenvalue weighted by molar-refractivity contribution is 6.30. The molecule has 3 aromatic rings. The topological polar surface area (TPSA) is 46.9 Å². The van der Waals surface area contributed by atoms with Crippen LogP contribution in [-0.4, -0.2) is 15.7 Å². The minimum Gasteiger partial charge on any atom is -0.348 e. The predicted molar refractivity (Wildman–Crippen MR) is 95.6 cm³/mol. The van der Waals surface area contributed by atoms with Crippen molar-refractivity contribution < 1.29 is 9.18 Å². The van der Waals surface area contributed by atoms with E-state index in [9.17, 15) is 9.18 Å². The van der Waals surface area contributed by atoms with E-state index in [4.69, 9.17) is 11.6 Å². The Balaban J connectivity index is 1.80. The van der Waals surface area contributed by atoms with E-state index in [0.717, 1.165) is 28.7 Å². The molecule has 25 heavy (non-hydrogen) atoms. The fraction of sp³-hybridized carbons (Fsp3) is 0.158. The second kappa shape index (κ2) is 7.07. The van der Waals surface area contributed by atoms with E-state index in [2.05, 4.69) is 10.4 Å². The van der Waals surface area contributed by atoms with Gasteiger partial charge in [0.15, 0.2) is 0 Å². The van der Waals surface area contributed by atoms with Gasteiger partial charge in [0.25, 0.3) is 5.91 Å². The van der Waals surface area contributed by atoms with Crippen LogP contribution in [0.25, 0.3) is 5.69 Å². The smallest absolute Gasteiger partial charge is 0.254 e. The van der Waals surface area contributed by atoms with Crippen LogP contribution < -0.4 is 5.32 Å². The number of carbonyl (C=O) groups excluding carboxylic acids is 1. The van der Waals surface area contributed by atoms with Gasteiger partial charge in [-0.15, -0.1) is 0 Å². The van der Waals surface area contributed by atoms with Crippen LogP contribution in [0.4, 0.5) is 4.39 Å². The van der Waals surface area contributed by atoms with Gasteiger partial charge in [0, 0.05) is 22.8 Å². The van der Waals surface area contributed by atoms with Crippen LogP contribution in [0.2, 0.25) is 5.02 Å². The largest absolute Gasteiger partial charge is 0.348 e. The Morgan fingerprint density at radius 2 is 1.92 bits per heavy atom. The van der Waals surface area contributed by atoms with Crippen LogP contribution in [0.5, 0.6) is 0 Å². The van der Waals surface area contributed by atoms with Crippen molar-refractivity contribution >= 4 is 17.5 Å². The summed E-state index contributed by atoms with van der Waals surface area (Å²) in [6, 6.07) is 13.7. The fourth-order valence-electron chi connectivity index (χ4n) is 2.69. The Morgan fingerprint density at radius 1 is 1.20 bits per heavy atom. The fourth-order valence-corrected chi connectivity index (χ4v) is 2.85. The SMILES string of the molecule is Cc1nn(-c2ccccc2)c(C)c1CNC(=O)c1ccc(Cl)cc1F. The number of benzene rings is 2. The summed E-state index contributed by atoms with van der Waals surface area (Å²) >= 11 is 5.71. The summed E-state index contributed by atoms with van der Waals surface area (Å²) in [6.07, 6.45) is 0. The first-order valence-corrected chi connectivity index (χ1v) is 8.19. The number of nitrogens with zero attached hydrogens (tertiary/aromatic N) is 2. The summed E-state index contributed by atoms with van der Waals surface area (Å²) in [5.74, 6) is -1.13. The van der Waals surface area contributed by atoms with Crippen molar-refractivity contribution in [3.63, 3.8) is 0 Å². The summed E-state index contributed by atoms with van der Waals surface area (Å²) in [6.45, 7) is 4.10. The van der Waals surface area contributed by atoms with Crippen molar-refractivity contribution in [3.05, 3.63) is 81.9 Å². The lowest BCUT2D eigenvalue weighted by Crippen LogP contribution is -2.24. The molecule has 0 saturated carbocycles. The highest BCUT2D eigenvalue weighted by atomic mass is 35.5. The Bertz CT molecular complexity index is 922. The number of nitrogens with one attached hydrogen (secondary N) is 1. The van der Waals surface area contributed by atoms with Crippen molar-refractivity contribution in [2.75, 3.05) is 0 Å². The van der Waals surface area contributed by atoms with Crippen molar-refractivity contribution in [3.8, 4) is 5.69 Å². The molecular formula is C19H17ClFN3O. The molecule has 0 fully saturated rings. The minimum absolute atomic E-state index is 0.0323. The first-order valence-electron chi connectivity index (χ1n) is 7.81. The predicted octanol–water partition coefficient (Wildman–Crippen LogP) is 4.21. The van der Waals surface area contributed by atoms with Gasteiger partial charge in [0.1, 0.15) is 5.82 Å². The molecule has 0 atom stereocenters. The Hall–Kier alpha value is -2.66. The molecule has 1 aromatic heterocycles. The van der Waals surface area contributed by atoms with Crippen LogP contribution in [0.1, 0.15) is 27.3 Å². The van der Waals surface area contributed by atoms with Gasteiger partial charge >= 0.3 is 0 Å². The molecule has 0 saturated heterocycles. The first kappa shape index (κ1) is 17.2. The summed E-state index contributed by atoms with van der Waals surface area (Å²) in [7, 11) is 0. The maximum Gasteiger partial charge on any atom is 0.254 e. The number of rotatable bonds is 4. The lowest BCUT2D eigenvalue weighted by molar-refractivity contribution is 0.0947. The van der Waals surface area contributed by atoms with Crippen LogP contribution in [0.15, 0.2) is 48.5 Å². The van der Waals surface area contributed by atoms with Gasteiger partial charge in [0.2, 0.25) is 0 Å². The van der Waals surface area contributed by atoms with Gasteiger partial charge in [-0.25, -0.2) is 9.07 Å². The normalized spacial score (nSPS) is 10.7. The van der Waals surface area contributed by atoms with Gasteiger partial charge in [-0.05, 0) is 44.2 Å². The van der Waals surface area contributed by atoms with Crippen LogP contribution >= 0.6 is 11.6 Å². The third kappa shape index (κ3) is 3.56. The number of aryl methyl sites for hydroxylation is 1. The van der Waals surface area contributed by atoms with Crippen molar-refractivity contribution in [2.45, 2.75) is 20.4 Å². The number of halogens is 2. The molecule has 1 N–H and O–H groups in total. The van der Waals surface area contributed by atoms with Crippen LogP contribution in [-0.2, 0) is 6.54 Å². The number of carbonyl (C=O) groups is 1. The second-order valence-corrected chi connectivity index (χ2v) is 6.14. The Labute approximate surface area is 150 Å². The van der Waals surface area contributed by atoms with Gasteiger partial charge in [-0.2, -0.15) is 5.10 Å². The number of hydrogen-bond acceptors (Lipinski definition) is 2. The Kier molecular flexibility index (Phi) is 4.86. The average Bonchev–Trinajstić information content (AvgIpc) is 2.88. The summed E-state index contributed by atoms with van der Waals surface area (Å²) in [5, 5.41) is 7.54. The summed E-state index contributed by atoms with van der Waals surface area (Å²) < 4.78 is 15.7. The summed E-state index contributed by atoms with van der Waals surface area (Å²) in [4.78, 5) is 12.2. The molecule has 1 heterocycles. The van der Waals surface area contributed by atoms with E-state index in [0.29, 0.717) is 0 Å². The average molecular weight is 358 g/mol. The molecule has 3 rings (SSSR count). The zero-order valence-corrected chi connectivity index (χ0v) is 14.6. The standard InChI is InChI=1S/C19H17ClFN3O/c1-12-17(13(2)24(23-12)15-6-4-3-5-7-15)11-22-19(25)16-9-8-14(20)10-18(16)21/h3-10H,11H2,1-2H3,(H,22,25). The van der Waals surface area contributed by atoms with Crippen molar-refractivity contribution in [1.29, 1.82) is 0 Å². The van der Waals surface area contributed by atoms with Gasteiger partial charge < -0.3 is 5.32 Å². The highest BCUT2D eigenvalue weighted by Crippen LogP contribution is 2.18.